The van der Waals surface area contributed by atoms with Crippen LogP contribution in [0.15, 0.2) is 30.4 Å². The van der Waals surface area contributed by atoms with E-state index in [9.17, 15) is 9.59 Å². The van der Waals surface area contributed by atoms with Gasteiger partial charge in [0.1, 0.15) is 5.75 Å². The highest BCUT2D eigenvalue weighted by atomic mass is 35.5. The molecule has 1 aromatic rings. The first kappa shape index (κ1) is 21.2. The average molecular weight is 367 g/mol. The molecule has 1 aromatic carbocycles. The molecule has 25 heavy (non-hydrogen) atoms. The number of alkyl halides is 1. The van der Waals surface area contributed by atoms with Crippen LogP contribution in [0.25, 0.3) is 0 Å². The van der Waals surface area contributed by atoms with E-state index in [1.54, 1.807) is 12.1 Å². The Kier molecular flexibility index (Phi) is 10.6. The number of rotatable bonds is 11. The maximum atomic E-state index is 11.7. The highest BCUT2D eigenvalue weighted by molar-refractivity contribution is 6.17. The minimum atomic E-state index is -0.596. The Balaban J connectivity index is 2.19. The molecule has 4 nitrogen and oxygen atoms in total. The van der Waals surface area contributed by atoms with Crippen molar-refractivity contribution < 1.29 is 19.1 Å². The summed E-state index contributed by atoms with van der Waals surface area (Å²) in [6.07, 6.45) is 8.52. The van der Waals surface area contributed by atoms with E-state index in [1.807, 2.05) is 19.9 Å². The molecule has 0 radical (unpaired) electrons. The van der Waals surface area contributed by atoms with Crippen molar-refractivity contribution in [3.63, 3.8) is 0 Å². The van der Waals surface area contributed by atoms with Crippen LogP contribution in [-0.2, 0) is 14.3 Å². The molecule has 0 spiro atoms. The van der Waals surface area contributed by atoms with Crippen LogP contribution < -0.4 is 4.74 Å². The molecule has 0 saturated carbocycles. The summed E-state index contributed by atoms with van der Waals surface area (Å²) in [6, 6.07) is 5.52. The lowest BCUT2D eigenvalue weighted by Crippen LogP contribution is -2.07. The van der Waals surface area contributed by atoms with Gasteiger partial charge in [-0.25, -0.2) is 9.59 Å². The summed E-state index contributed by atoms with van der Waals surface area (Å²) in [4.78, 5) is 23.3. The van der Waals surface area contributed by atoms with Crippen molar-refractivity contribution in [2.45, 2.75) is 52.4 Å². The third kappa shape index (κ3) is 10.6. The molecule has 0 aromatic heterocycles. The van der Waals surface area contributed by atoms with Crippen molar-refractivity contribution in [3.8, 4) is 5.75 Å². The SMILES string of the molecule is Cc1cc(C)cc(OC(=O)/C=C/C(=O)OCCCCCCCCCl)c1. The van der Waals surface area contributed by atoms with Gasteiger partial charge in [0.2, 0.25) is 0 Å². The predicted octanol–water partition coefficient (Wildman–Crippen LogP) is 4.89. The number of ether oxygens (including phenoxy) is 2. The molecule has 0 fully saturated rings. The molecule has 0 unspecified atom stereocenters. The molecule has 0 amide bonds. The fourth-order valence-corrected chi connectivity index (χ4v) is 2.59. The van der Waals surface area contributed by atoms with Crippen LogP contribution in [0.2, 0.25) is 0 Å². The van der Waals surface area contributed by atoms with Gasteiger partial charge in [0.25, 0.3) is 0 Å². The van der Waals surface area contributed by atoms with Gasteiger partial charge in [-0.15, -0.1) is 11.6 Å². The molecule has 1 rings (SSSR count). The molecule has 0 heterocycles. The van der Waals surface area contributed by atoms with Crippen molar-refractivity contribution in [3.05, 3.63) is 41.5 Å². The summed E-state index contributed by atoms with van der Waals surface area (Å²) in [5.74, 6) is 0.0611. The van der Waals surface area contributed by atoms with Gasteiger partial charge in [0.05, 0.1) is 6.61 Å². The number of unbranched alkanes of at least 4 members (excludes halogenated alkanes) is 5. The first-order chi connectivity index (χ1) is 12.0. The number of carbonyl (C=O) groups is 2. The van der Waals surface area contributed by atoms with Gasteiger partial charge in [0, 0.05) is 18.0 Å². The molecular formula is C20H27ClO4. The van der Waals surface area contributed by atoms with Gasteiger partial charge in [-0.3, -0.25) is 0 Å². The predicted molar refractivity (Wildman–Crippen MR) is 100 cm³/mol. The molecule has 0 saturated heterocycles. The van der Waals surface area contributed by atoms with E-state index in [-0.39, 0.29) is 0 Å². The van der Waals surface area contributed by atoms with Crippen molar-refractivity contribution in [1.29, 1.82) is 0 Å². The zero-order valence-electron chi connectivity index (χ0n) is 15.1. The number of esters is 2. The zero-order chi connectivity index (χ0) is 18.5. The number of halogens is 1. The molecule has 0 aliphatic heterocycles. The second-order valence-electron chi connectivity index (χ2n) is 6.06. The lowest BCUT2D eigenvalue weighted by molar-refractivity contribution is -0.138. The summed E-state index contributed by atoms with van der Waals surface area (Å²) < 4.78 is 10.2. The third-order valence-corrected chi connectivity index (χ3v) is 3.81. The zero-order valence-corrected chi connectivity index (χ0v) is 15.8. The topological polar surface area (TPSA) is 52.6 Å². The fourth-order valence-electron chi connectivity index (χ4n) is 2.40. The van der Waals surface area contributed by atoms with Crippen LogP contribution >= 0.6 is 11.6 Å². The summed E-state index contributed by atoms with van der Waals surface area (Å²) >= 11 is 5.61. The number of hydrogen-bond donors (Lipinski definition) is 0. The van der Waals surface area contributed by atoms with Crippen molar-refractivity contribution in [2.24, 2.45) is 0 Å². The quantitative estimate of drug-likeness (QED) is 0.184. The number of hydrogen-bond acceptors (Lipinski definition) is 4. The van der Waals surface area contributed by atoms with Crippen LogP contribution in [0.4, 0.5) is 0 Å². The first-order valence-electron chi connectivity index (χ1n) is 8.72. The van der Waals surface area contributed by atoms with Crippen molar-refractivity contribution in [2.75, 3.05) is 12.5 Å². The van der Waals surface area contributed by atoms with Gasteiger partial charge in [-0.2, -0.15) is 0 Å². The van der Waals surface area contributed by atoms with Crippen LogP contribution in [0.3, 0.4) is 0 Å². The van der Waals surface area contributed by atoms with Gasteiger partial charge in [-0.05, 0) is 49.9 Å². The molecule has 0 aliphatic carbocycles. The van der Waals surface area contributed by atoms with Crippen LogP contribution in [-0.4, -0.2) is 24.4 Å². The molecule has 5 heteroatoms. The molecular weight excluding hydrogens is 340 g/mol. The van der Waals surface area contributed by atoms with E-state index < -0.39 is 11.9 Å². The lowest BCUT2D eigenvalue weighted by atomic mass is 10.1. The molecule has 0 atom stereocenters. The second kappa shape index (κ2) is 12.5. The van der Waals surface area contributed by atoms with E-state index in [0.29, 0.717) is 12.4 Å². The van der Waals surface area contributed by atoms with E-state index in [0.717, 1.165) is 67.7 Å². The Morgan fingerprint density at radius 2 is 1.44 bits per heavy atom. The maximum absolute atomic E-state index is 11.7. The Morgan fingerprint density at radius 1 is 0.880 bits per heavy atom. The first-order valence-corrected chi connectivity index (χ1v) is 9.25. The van der Waals surface area contributed by atoms with Gasteiger partial charge >= 0.3 is 11.9 Å². The van der Waals surface area contributed by atoms with E-state index in [1.165, 1.54) is 0 Å². The molecule has 0 aliphatic rings. The largest absolute Gasteiger partial charge is 0.463 e. The Bertz CT molecular complexity index is 561. The maximum Gasteiger partial charge on any atom is 0.336 e. The fraction of sp³-hybridized carbons (Fsp3) is 0.500. The molecule has 0 N–H and O–H groups in total. The minimum Gasteiger partial charge on any atom is -0.463 e. The normalized spacial score (nSPS) is 10.8. The van der Waals surface area contributed by atoms with E-state index in [4.69, 9.17) is 21.1 Å². The summed E-state index contributed by atoms with van der Waals surface area (Å²) in [6.45, 7) is 4.22. The average Bonchev–Trinajstić information content (AvgIpc) is 2.54. The number of benzene rings is 1. The van der Waals surface area contributed by atoms with Gasteiger partial charge in [-0.1, -0.05) is 31.7 Å². The highest BCUT2D eigenvalue weighted by Crippen LogP contribution is 2.16. The van der Waals surface area contributed by atoms with Crippen LogP contribution in [0.5, 0.6) is 5.75 Å². The molecule has 0 bridgehead atoms. The number of carbonyl (C=O) groups excluding carboxylic acids is 2. The minimum absolute atomic E-state index is 0.366. The van der Waals surface area contributed by atoms with E-state index >= 15 is 0 Å². The van der Waals surface area contributed by atoms with Crippen LogP contribution in [0, 0.1) is 13.8 Å². The summed E-state index contributed by atoms with van der Waals surface area (Å²) in [7, 11) is 0. The van der Waals surface area contributed by atoms with Gasteiger partial charge in [0.15, 0.2) is 0 Å². The standard InChI is InChI=1S/C20H27ClO4/c1-16-13-17(2)15-18(14-16)25-20(23)10-9-19(22)24-12-8-6-4-3-5-7-11-21/h9-10,13-15H,3-8,11-12H2,1-2H3/b10-9+. The number of aryl methyl sites for hydroxylation is 2. The molecule has 138 valence electrons. The Hall–Kier alpha value is -1.81. The highest BCUT2D eigenvalue weighted by Gasteiger charge is 2.04. The van der Waals surface area contributed by atoms with Crippen LogP contribution in [0.1, 0.15) is 49.7 Å². The Labute approximate surface area is 155 Å². The Morgan fingerprint density at radius 3 is 2.08 bits per heavy atom. The second-order valence-corrected chi connectivity index (χ2v) is 6.43. The summed E-state index contributed by atoms with van der Waals surface area (Å²) in [5, 5.41) is 0. The lowest BCUT2D eigenvalue weighted by Gasteiger charge is -2.04. The van der Waals surface area contributed by atoms with Gasteiger partial charge < -0.3 is 9.47 Å². The van der Waals surface area contributed by atoms with Crippen molar-refractivity contribution in [1.82, 2.24) is 0 Å². The van der Waals surface area contributed by atoms with E-state index in [2.05, 4.69) is 0 Å². The summed E-state index contributed by atoms with van der Waals surface area (Å²) in [5.41, 5.74) is 2.02. The third-order valence-electron chi connectivity index (χ3n) is 3.54. The van der Waals surface area contributed by atoms with Crippen molar-refractivity contribution >= 4 is 23.5 Å². The monoisotopic (exact) mass is 366 g/mol. The smallest absolute Gasteiger partial charge is 0.336 e.